The van der Waals surface area contributed by atoms with Crippen molar-refractivity contribution in [2.24, 2.45) is 23.7 Å². The van der Waals surface area contributed by atoms with Gasteiger partial charge in [0.05, 0.1) is 69.4 Å². The summed E-state index contributed by atoms with van der Waals surface area (Å²) in [4.78, 5) is 193. The Bertz CT molecular complexity index is 3280. The molecule has 7 atom stereocenters. The van der Waals surface area contributed by atoms with Gasteiger partial charge in [0, 0.05) is 134 Å². The molecular weight excluding hydrogens is 1420 g/mol. The molecule has 1 aromatic carbocycles. The van der Waals surface area contributed by atoms with E-state index < -0.39 is 83.1 Å². The molecule has 8 N–H and O–H groups in total. The van der Waals surface area contributed by atoms with Crippen molar-refractivity contribution in [2.45, 2.75) is 201 Å². The number of thiazole rings is 1. The number of aromatic nitrogens is 1. The minimum Gasteiger partial charge on any atom is -0.506 e. The Labute approximate surface area is 637 Å². The maximum absolute atomic E-state index is 14.4. The van der Waals surface area contributed by atoms with E-state index in [0.717, 1.165) is 28.4 Å². The highest BCUT2D eigenvalue weighted by Gasteiger charge is 2.39. The Hall–Kier alpha value is -8.72. The third-order valence-corrected chi connectivity index (χ3v) is 19.3. The number of carboxylic acid groups (broad SMARTS) is 1. The van der Waals surface area contributed by atoms with Crippen molar-refractivity contribution in [3.63, 3.8) is 0 Å². The van der Waals surface area contributed by atoms with Crippen LogP contribution in [0.15, 0.2) is 35.7 Å². The number of unbranched alkanes of at least 4 members (excludes halogenated alkanes) is 2. The molecule has 0 bridgehead atoms. The summed E-state index contributed by atoms with van der Waals surface area (Å²) < 4.78 is 27.3. The number of benzene rings is 1. The van der Waals surface area contributed by atoms with Gasteiger partial charge < -0.3 is 70.7 Å². The number of hydrogen-bond donors (Lipinski definition) is 8. The number of aliphatic carboxylic acids is 1. The molecule has 2 aromatic rings. The van der Waals surface area contributed by atoms with E-state index in [1.165, 1.54) is 31.4 Å². The summed E-state index contributed by atoms with van der Waals surface area (Å²) in [5.41, 5.74) is -0.289. The van der Waals surface area contributed by atoms with Crippen LogP contribution in [0, 0.1) is 23.7 Å². The molecule has 1 unspecified atom stereocenters. The molecule has 9 amide bonds. The maximum atomic E-state index is 14.4. The lowest BCUT2D eigenvalue weighted by Gasteiger charge is -2.38. The number of likely N-dealkylation sites (N-methyl/N-ethyl adjacent to an activating group) is 1. The average molecular weight is 1540 g/mol. The number of imide groups is 1. The van der Waals surface area contributed by atoms with Crippen molar-refractivity contribution in [1.82, 2.24) is 46.3 Å². The summed E-state index contributed by atoms with van der Waals surface area (Å²) in [7, 11) is 5.32. The Morgan fingerprint density at radius 2 is 1.25 bits per heavy atom. The second-order valence-electron chi connectivity index (χ2n) is 27.5. The van der Waals surface area contributed by atoms with Gasteiger partial charge in [-0.25, -0.2) is 4.98 Å². The summed E-state index contributed by atoms with van der Waals surface area (Å²) in [5, 5.41) is 39.2. The molecule has 32 nitrogen and oxygen atoms in total. The molecule has 108 heavy (non-hydrogen) atoms. The average Bonchev–Trinajstić information content (AvgIpc) is 0.892. The topological polar surface area (TPSA) is 437 Å². The maximum Gasteiger partial charge on any atom is 0.373 e. The first-order chi connectivity index (χ1) is 51.2. The van der Waals surface area contributed by atoms with Gasteiger partial charge in [0.1, 0.15) is 16.5 Å². The monoisotopic (exact) mass is 1540 g/mol. The normalized spacial score (nSPS) is 13.9. The number of hydrogen-bond acceptors (Lipinski definition) is 24. The number of phenols is 1. The largest absolute Gasteiger partial charge is 0.506 e. The number of carbonyl (C=O) groups is 13. The van der Waals surface area contributed by atoms with Crippen molar-refractivity contribution in [1.29, 1.82) is 0 Å². The summed E-state index contributed by atoms with van der Waals surface area (Å²) in [5.74, 6) is -7.71. The minimum atomic E-state index is -1.11. The number of ether oxygens (including phenoxy) is 5. The first kappa shape index (κ1) is 95.4. The Morgan fingerprint density at radius 3 is 1.81 bits per heavy atom. The zero-order chi connectivity index (χ0) is 80.9. The van der Waals surface area contributed by atoms with E-state index in [1.807, 2.05) is 67.5 Å². The van der Waals surface area contributed by atoms with Gasteiger partial charge in [0.2, 0.25) is 35.4 Å². The van der Waals surface area contributed by atoms with E-state index in [9.17, 15) is 72.5 Å². The first-order valence-electron chi connectivity index (χ1n) is 36.9. The number of phenolic OH excluding ortho intramolecular Hbond substituents is 1. The number of nitrogens with zero attached hydrogens (tertiary/aromatic N) is 4. The van der Waals surface area contributed by atoms with E-state index >= 15 is 0 Å². The molecule has 0 spiro atoms. The van der Waals surface area contributed by atoms with Crippen LogP contribution in [0.2, 0.25) is 0 Å². The number of Topliss-reactive ketones (excluding diaryl/α,β-unsaturated/α-hetero) is 2. The SMILES string of the molecule is CCOCCOCCNC(=O)CCOCCNC(=O)CCOCCC(=O)NCCCC[C@H](NC(=O)CCCN1C(=O)C=CC1=O)C(=O)CCCCC(=O)Nc1cc(C[C@@H](CC(C)C(=O)O)NC(=O)c2csc([C@@H](C[C@H](C(C)C)N(C)C(=O)[C@@H](CC(=O)C(C)(C)N(C)C)[C@@H](C)CC)OC(C)=O)n2)ccc1O.O=C=O. The zero-order valence-corrected chi connectivity index (χ0v) is 65.7. The molecule has 0 saturated carbocycles. The highest BCUT2D eigenvalue weighted by molar-refractivity contribution is 7.09. The lowest BCUT2D eigenvalue weighted by molar-refractivity contribution is -0.192. The van der Waals surface area contributed by atoms with Crippen molar-refractivity contribution < 1.29 is 106 Å². The summed E-state index contributed by atoms with van der Waals surface area (Å²) in [6.07, 6.45) is 4.23. The van der Waals surface area contributed by atoms with Crippen LogP contribution in [-0.4, -0.2) is 237 Å². The zero-order valence-electron chi connectivity index (χ0n) is 64.8. The van der Waals surface area contributed by atoms with Crippen molar-refractivity contribution in [2.75, 3.05) is 105 Å². The summed E-state index contributed by atoms with van der Waals surface area (Å²) in [6.45, 7) is 19.5. The Morgan fingerprint density at radius 1 is 0.685 bits per heavy atom. The molecule has 1 aliphatic rings. The number of anilines is 1. The summed E-state index contributed by atoms with van der Waals surface area (Å²) in [6, 6.07) is 2.19. The summed E-state index contributed by atoms with van der Waals surface area (Å²) >= 11 is 1.07. The molecule has 0 saturated heterocycles. The molecule has 0 fully saturated rings. The van der Waals surface area contributed by atoms with E-state index in [1.54, 1.807) is 18.0 Å². The van der Waals surface area contributed by atoms with Gasteiger partial charge in [0.15, 0.2) is 17.7 Å². The highest BCUT2D eigenvalue weighted by Crippen LogP contribution is 2.34. The van der Waals surface area contributed by atoms with Gasteiger partial charge >= 0.3 is 18.1 Å². The number of carbonyl (C=O) groups excluding carboxylic acids is 14. The number of esters is 1. The van der Waals surface area contributed by atoms with E-state index in [4.69, 9.17) is 33.3 Å². The van der Waals surface area contributed by atoms with Gasteiger partial charge in [-0.3, -0.25) is 72.1 Å². The predicted molar refractivity (Wildman–Crippen MR) is 397 cm³/mol. The second kappa shape index (κ2) is 52.4. The lowest BCUT2D eigenvalue weighted by atomic mass is 9.81. The predicted octanol–water partition coefficient (Wildman–Crippen LogP) is 5.19. The molecule has 1 aliphatic heterocycles. The fourth-order valence-electron chi connectivity index (χ4n) is 11.2. The molecule has 33 heteroatoms. The first-order valence-corrected chi connectivity index (χ1v) is 37.8. The quantitative estimate of drug-likeness (QED) is 0.0183. The fraction of sp³-hybridized carbons (Fsp3) is 0.667. The number of ketones is 2. The number of nitrogens with one attached hydrogen (secondary N) is 6. The van der Waals surface area contributed by atoms with Crippen LogP contribution in [0.3, 0.4) is 0 Å². The van der Waals surface area contributed by atoms with Crippen LogP contribution in [0.4, 0.5) is 5.69 Å². The molecule has 2 heterocycles. The number of amides is 9. The number of rotatable bonds is 56. The number of carboxylic acids is 1. The van der Waals surface area contributed by atoms with Gasteiger partial charge in [-0.1, -0.05) is 47.1 Å². The third kappa shape index (κ3) is 37.4. The van der Waals surface area contributed by atoms with Crippen LogP contribution in [0.1, 0.15) is 192 Å². The molecule has 0 aliphatic carbocycles. The van der Waals surface area contributed by atoms with Gasteiger partial charge in [0.25, 0.3) is 17.7 Å². The van der Waals surface area contributed by atoms with Gasteiger partial charge in [-0.2, -0.15) is 9.59 Å². The number of aromatic hydroxyl groups is 1. The lowest BCUT2D eigenvalue weighted by Crippen LogP contribution is -2.50. The molecule has 3 rings (SSSR count). The minimum absolute atomic E-state index is 0.00855. The van der Waals surface area contributed by atoms with Crippen LogP contribution in [-0.2, 0) is 97.2 Å². The third-order valence-electron chi connectivity index (χ3n) is 18.3. The van der Waals surface area contributed by atoms with Crippen LogP contribution in [0.5, 0.6) is 5.75 Å². The molecule has 1 aromatic heterocycles. The van der Waals surface area contributed by atoms with Crippen LogP contribution < -0.4 is 31.9 Å². The van der Waals surface area contributed by atoms with Crippen LogP contribution >= 0.6 is 11.3 Å². The van der Waals surface area contributed by atoms with E-state index in [0.29, 0.717) is 57.8 Å². The highest BCUT2D eigenvalue weighted by atomic mass is 32.1. The van der Waals surface area contributed by atoms with E-state index in [2.05, 4.69) is 36.9 Å². The van der Waals surface area contributed by atoms with Gasteiger partial charge in [-0.05, 0) is 116 Å². The fourth-order valence-corrected chi connectivity index (χ4v) is 12.0. The van der Waals surface area contributed by atoms with Crippen molar-refractivity contribution in [3.05, 3.63) is 52.0 Å². The smallest absolute Gasteiger partial charge is 0.373 e. The van der Waals surface area contributed by atoms with Crippen molar-refractivity contribution in [3.8, 4) is 5.75 Å². The van der Waals surface area contributed by atoms with Crippen molar-refractivity contribution >= 4 is 99.8 Å². The Kier molecular flexibility index (Phi) is 46.2. The van der Waals surface area contributed by atoms with Crippen LogP contribution in [0.25, 0.3) is 0 Å². The van der Waals surface area contributed by atoms with Gasteiger partial charge in [-0.15, -0.1) is 11.3 Å². The van der Waals surface area contributed by atoms with E-state index in [-0.39, 0.29) is 211 Å². The molecule has 0 radical (unpaired) electrons. The molecular formula is C75H116N10O22S. The Balaban J connectivity index is 0.0000130. The standard InChI is InChI=1S/C74H116N10O20S.CO2/c1-13-49(5)54(45-62(88)74(8,9)82(10)11)72(97)83(12)58(48(3)4)46-61(104-51(7)85)71-81-57(47-105-71)70(96)78-53(42-50(6)73(98)99)43-52-24-25-60(87)56(44-52)80-66(92)22-16-15-21-59(86)55(79-67(93)23-19-34-84-68(94)26-27-69(84)95)20-17-18-31-75-63(89)28-35-101-36-29-64(90)76-32-38-102-37-30-65(91)77-33-39-103-41-40-100-14-2;2-1-3/h24-27,44,47-50,53-55,58,61,87H,13-23,28-43,45-46H2,1-12H3,(H,75,89)(H,76,90)(H,77,91)(H,78,96)(H,79,93)(H,80,92)(H,98,99);/t49-,50?,53+,54-,55-,58+,61+;/m0./s1. The second-order valence-corrected chi connectivity index (χ2v) is 28.3. The molecule has 604 valence electrons.